The van der Waals surface area contributed by atoms with E-state index < -0.39 is 31.9 Å². The number of aryl methyl sites for hydroxylation is 1. The molecule has 1 fully saturated rings. The number of nitrogens with zero attached hydrogens (tertiary/aromatic N) is 7. The molecule has 2 atom stereocenters. The number of anilines is 2. The molecule has 0 saturated carbocycles. The smallest absolute Gasteiger partial charge is 0.256 e. The molecule has 5 heterocycles. The SMILES string of the molecule is CNc1nc(N[C@@H]2CCN(CCF)C[C@@H]2F)nn2ccc(-c3ccc4nc(C)n(CC(F)F)c4n3)c12. The van der Waals surface area contributed by atoms with E-state index in [1.165, 1.54) is 4.57 Å². The zero-order valence-electron chi connectivity index (χ0n) is 19.9. The molecule has 0 unspecified atom stereocenters. The van der Waals surface area contributed by atoms with Crippen molar-refractivity contribution in [2.24, 2.45) is 0 Å². The van der Waals surface area contributed by atoms with Gasteiger partial charge in [0.1, 0.15) is 29.7 Å². The minimum Gasteiger partial charge on any atom is -0.371 e. The van der Waals surface area contributed by atoms with E-state index in [9.17, 15) is 17.6 Å². The molecule has 9 nitrogen and oxygen atoms in total. The summed E-state index contributed by atoms with van der Waals surface area (Å²) in [5, 5.41) is 10.6. The van der Waals surface area contributed by atoms with Crippen LogP contribution in [0.5, 0.6) is 0 Å². The van der Waals surface area contributed by atoms with Crippen molar-refractivity contribution >= 4 is 28.4 Å². The lowest BCUT2D eigenvalue weighted by Crippen LogP contribution is -2.48. The number of likely N-dealkylation sites (tertiary alicyclic amines) is 1. The van der Waals surface area contributed by atoms with Crippen LogP contribution in [0, 0.1) is 6.92 Å². The summed E-state index contributed by atoms with van der Waals surface area (Å²) in [5.74, 6) is 1.22. The van der Waals surface area contributed by atoms with Crippen LogP contribution in [0.15, 0.2) is 24.4 Å². The molecule has 1 saturated heterocycles. The zero-order chi connectivity index (χ0) is 25.4. The molecule has 4 aromatic heterocycles. The standard InChI is InChI=1S/C23H27F4N9/c1-13-29-18-4-3-16(30-22(18)35(13)12-19(26)27)14-5-9-36-20(14)21(28-2)32-23(33-36)31-17-6-8-34(10-7-24)11-15(17)25/h3-5,9,15,17,19H,6-8,10-12H2,1-2H3,(H2,28,31,32,33)/t15-,17+/m0/s1. The highest BCUT2D eigenvalue weighted by atomic mass is 19.3. The first kappa shape index (κ1) is 24.2. The maximum atomic E-state index is 14.7. The molecule has 36 heavy (non-hydrogen) atoms. The molecule has 1 aliphatic rings. The fraction of sp³-hybridized carbons (Fsp3) is 0.478. The Hall–Kier alpha value is -3.48. The first-order valence-electron chi connectivity index (χ1n) is 11.8. The van der Waals surface area contributed by atoms with Gasteiger partial charge in [-0.25, -0.2) is 32.0 Å². The van der Waals surface area contributed by atoms with Gasteiger partial charge in [0.25, 0.3) is 6.43 Å². The number of aromatic nitrogens is 6. The Balaban J connectivity index is 1.47. The first-order chi connectivity index (χ1) is 17.4. The van der Waals surface area contributed by atoms with Crippen LogP contribution in [0.4, 0.5) is 29.3 Å². The monoisotopic (exact) mass is 505 g/mol. The Morgan fingerprint density at radius 2 is 2.00 bits per heavy atom. The number of rotatable bonds is 8. The maximum absolute atomic E-state index is 14.7. The van der Waals surface area contributed by atoms with Gasteiger partial charge in [-0.1, -0.05) is 0 Å². The van der Waals surface area contributed by atoms with Gasteiger partial charge in [0.15, 0.2) is 11.5 Å². The molecule has 0 radical (unpaired) electrons. The van der Waals surface area contributed by atoms with Crippen LogP contribution in [-0.4, -0.2) is 86.0 Å². The molecule has 0 aromatic carbocycles. The largest absolute Gasteiger partial charge is 0.371 e. The summed E-state index contributed by atoms with van der Waals surface area (Å²) in [6, 6.07) is 4.86. The number of alkyl halides is 4. The number of piperidine rings is 1. The van der Waals surface area contributed by atoms with Crippen molar-refractivity contribution in [2.75, 3.05) is 44.0 Å². The normalized spacial score (nSPS) is 19.0. The van der Waals surface area contributed by atoms with E-state index in [4.69, 9.17) is 0 Å². The van der Waals surface area contributed by atoms with Crippen molar-refractivity contribution in [3.63, 3.8) is 0 Å². The van der Waals surface area contributed by atoms with E-state index in [2.05, 4.69) is 30.7 Å². The number of nitrogens with one attached hydrogen (secondary N) is 2. The fourth-order valence-electron chi connectivity index (χ4n) is 4.71. The zero-order valence-corrected chi connectivity index (χ0v) is 19.9. The molecule has 0 aliphatic carbocycles. The predicted octanol–water partition coefficient (Wildman–Crippen LogP) is 3.55. The molecule has 5 rings (SSSR count). The van der Waals surface area contributed by atoms with Crippen molar-refractivity contribution in [1.29, 1.82) is 0 Å². The van der Waals surface area contributed by atoms with E-state index in [0.717, 1.165) is 0 Å². The highest BCUT2D eigenvalue weighted by Crippen LogP contribution is 2.31. The van der Waals surface area contributed by atoms with Gasteiger partial charge in [-0.05, 0) is 31.5 Å². The van der Waals surface area contributed by atoms with Gasteiger partial charge in [-0.3, -0.25) is 4.90 Å². The summed E-state index contributed by atoms with van der Waals surface area (Å²) in [7, 11) is 1.72. The summed E-state index contributed by atoms with van der Waals surface area (Å²) in [5.41, 5.74) is 2.82. The third kappa shape index (κ3) is 4.54. The number of hydrogen-bond donors (Lipinski definition) is 2. The summed E-state index contributed by atoms with van der Waals surface area (Å²) >= 11 is 0. The molecule has 0 bridgehead atoms. The number of fused-ring (bicyclic) bond motifs is 2. The van der Waals surface area contributed by atoms with Crippen LogP contribution in [0.2, 0.25) is 0 Å². The summed E-state index contributed by atoms with van der Waals surface area (Å²) in [6.45, 7) is 1.66. The van der Waals surface area contributed by atoms with Gasteiger partial charge in [0.2, 0.25) is 5.95 Å². The van der Waals surface area contributed by atoms with Crippen molar-refractivity contribution in [3.8, 4) is 11.3 Å². The fourth-order valence-corrected chi connectivity index (χ4v) is 4.71. The number of hydrogen-bond acceptors (Lipinski definition) is 7. The number of halogens is 4. The van der Waals surface area contributed by atoms with Crippen LogP contribution in [0.25, 0.3) is 27.9 Å². The summed E-state index contributed by atoms with van der Waals surface area (Å²) < 4.78 is 56.6. The predicted molar refractivity (Wildman–Crippen MR) is 129 cm³/mol. The Morgan fingerprint density at radius 3 is 2.72 bits per heavy atom. The van der Waals surface area contributed by atoms with Crippen LogP contribution in [0.1, 0.15) is 12.2 Å². The lowest BCUT2D eigenvalue weighted by molar-refractivity contribution is 0.120. The second kappa shape index (κ2) is 9.88. The van der Waals surface area contributed by atoms with Crippen molar-refractivity contribution < 1.29 is 17.6 Å². The van der Waals surface area contributed by atoms with Crippen LogP contribution in [0.3, 0.4) is 0 Å². The van der Waals surface area contributed by atoms with E-state index in [1.807, 2.05) is 6.07 Å². The van der Waals surface area contributed by atoms with Gasteiger partial charge in [-0.2, -0.15) is 4.98 Å². The molecule has 2 N–H and O–H groups in total. The molecule has 1 aliphatic heterocycles. The number of pyridine rings is 1. The minimum absolute atomic E-state index is 0.159. The second-order valence-electron chi connectivity index (χ2n) is 8.80. The van der Waals surface area contributed by atoms with Gasteiger partial charge in [-0.15, -0.1) is 5.10 Å². The van der Waals surface area contributed by atoms with Crippen LogP contribution < -0.4 is 10.6 Å². The van der Waals surface area contributed by atoms with E-state index in [1.54, 1.807) is 41.7 Å². The molecule has 0 amide bonds. The Kier molecular flexibility index (Phi) is 6.65. The Morgan fingerprint density at radius 1 is 1.17 bits per heavy atom. The quantitative estimate of drug-likeness (QED) is 0.354. The van der Waals surface area contributed by atoms with Crippen molar-refractivity contribution in [2.45, 2.75) is 38.5 Å². The molecule has 4 aromatic rings. The van der Waals surface area contributed by atoms with E-state index in [-0.39, 0.29) is 19.0 Å². The molecule has 13 heteroatoms. The topological polar surface area (TPSA) is 88.2 Å². The van der Waals surface area contributed by atoms with Crippen molar-refractivity contribution in [3.05, 3.63) is 30.2 Å². The molecule has 192 valence electrons. The highest BCUT2D eigenvalue weighted by molar-refractivity contribution is 5.89. The van der Waals surface area contributed by atoms with E-state index >= 15 is 0 Å². The molecular weight excluding hydrogens is 478 g/mol. The average Bonchev–Trinajstić information content (AvgIpc) is 3.41. The lowest BCUT2D eigenvalue weighted by atomic mass is 10.0. The van der Waals surface area contributed by atoms with Gasteiger partial charge in [0.05, 0.1) is 18.3 Å². The Labute approximate surface area is 204 Å². The number of imidazole rings is 1. The first-order valence-corrected chi connectivity index (χ1v) is 11.8. The molecular formula is C23H27F4N9. The third-order valence-corrected chi connectivity index (χ3v) is 6.47. The lowest BCUT2D eigenvalue weighted by Gasteiger charge is -2.34. The highest BCUT2D eigenvalue weighted by Gasteiger charge is 2.30. The van der Waals surface area contributed by atoms with Crippen molar-refractivity contribution in [1.82, 2.24) is 34.0 Å². The Bertz CT molecular complexity index is 1370. The van der Waals surface area contributed by atoms with Gasteiger partial charge >= 0.3 is 0 Å². The van der Waals surface area contributed by atoms with Crippen LogP contribution >= 0.6 is 0 Å². The summed E-state index contributed by atoms with van der Waals surface area (Å²) in [4.78, 5) is 15.3. The molecule has 0 spiro atoms. The van der Waals surface area contributed by atoms with Crippen LogP contribution in [-0.2, 0) is 6.54 Å². The van der Waals surface area contributed by atoms with E-state index in [0.29, 0.717) is 52.5 Å². The average molecular weight is 506 g/mol. The summed E-state index contributed by atoms with van der Waals surface area (Å²) in [6.07, 6.45) is -1.47. The third-order valence-electron chi connectivity index (χ3n) is 6.47. The van der Waals surface area contributed by atoms with Gasteiger partial charge < -0.3 is 15.2 Å². The second-order valence-corrected chi connectivity index (χ2v) is 8.80. The maximum Gasteiger partial charge on any atom is 0.256 e. The minimum atomic E-state index is -2.53. The van der Waals surface area contributed by atoms with Gasteiger partial charge in [0, 0.05) is 38.4 Å².